The topological polar surface area (TPSA) is 46.4 Å². The van der Waals surface area contributed by atoms with Crippen molar-refractivity contribution in [3.05, 3.63) is 65.4 Å². The zero-order valence-electron chi connectivity index (χ0n) is 11.3. The van der Waals surface area contributed by atoms with E-state index in [9.17, 15) is 4.79 Å². The number of rotatable bonds is 2. The lowest BCUT2D eigenvalue weighted by molar-refractivity contribution is 0.102. The van der Waals surface area contributed by atoms with Crippen molar-refractivity contribution in [2.45, 2.75) is 0 Å². The Hall–Kier alpha value is -2.37. The van der Waals surface area contributed by atoms with Crippen molar-refractivity contribution in [3.8, 4) is 0 Å². The summed E-state index contributed by atoms with van der Waals surface area (Å²) in [4.78, 5) is 17.5. The first-order valence-electron chi connectivity index (χ1n) is 6.64. The maximum absolute atomic E-state index is 12.3. The minimum absolute atomic E-state index is 0.248. The van der Waals surface area contributed by atoms with E-state index in [-0.39, 0.29) is 5.91 Å². The van der Waals surface area contributed by atoms with E-state index in [1.54, 1.807) is 41.8 Å². The van der Waals surface area contributed by atoms with Crippen LogP contribution in [0.25, 0.3) is 15.2 Å². The number of hydrogen-bond donors (Lipinski definition) is 1. The molecule has 22 heavy (non-hydrogen) atoms. The first-order chi connectivity index (χ1) is 10.7. The van der Waals surface area contributed by atoms with Gasteiger partial charge in [0.2, 0.25) is 0 Å². The van der Waals surface area contributed by atoms with Crippen molar-refractivity contribution < 1.29 is 4.79 Å². The Balaban J connectivity index is 1.70. The van der Waals surface area contributed by atoms with Crippen LogP contribution in [0.3, 0.4) is 0 Å². The summed E-state index contributed by atoms with van der Waals surface area (Å²) in [6.45, 7) is 0. The number of carbonyl (C=O) groups excluding carboxylic acids is 1. The summed E-state index contributed by atoms with van der Waals surface area (Å²) in [5, 5.41) is 3.38. The maximum atomic E-state index is 12.3. The van der Waals surface area contributed by atoms with Crippen LogP contribution < -0.4 is 5.32 Å². The molecular formula is C16H10ClN3OS. The van der Waals surface area contributed by atoms with E-state index in [4.69, 9.17) is 11.6 Å². The Morgan fingerprint density at radius 1 is 1.18 bits per heavy atom. The van der Waals surface area contributed by atoms with Gasteiger partial charge in [-0.25, -0.2) is 4.98 Å². The van der Waals surface area contributed by atoms with Gasteiger partial charge >= 0.3 is 0 Å². The van der Waals surface area contributed by atoms with E-state index in [0.717, 1.165) is 15.2 Å². The predicted molar refractivity (Wildman–Crippen MR) is 90.0 cm³/mol. The molecule has 4 aromatic rings. The van der Waals surface area contributed by atoms with Crippen molar-refractivity contribution in [1.29, 1.82) is 0 Å². The minimum Gasteiger partial charge on any atom is -0.321 e. The third-order valence-corrected chi connectivity index (χ3v) is 4.59. The third kappa shape index (κ3) is 2.24. The molecule has 0 aliphatic heterocycles. The van der Waals surface area contributed by atoms with Gasteiger partial charge in [-0.3, -0.25) is 9.20 Å². The van der Waals surface area contributed by atoms with Crippen molar-refractivity contribution >= 4 is 49.7 Å². The van der Waals surface area contributed by atoms with Gasteiger partial charge in [-0.1, -0.05) is 41.1 Å². The number of fused-ring (bicyclic) bond motifs is 3. The Kier molecular flexibility index (Phi) is 3.10. The fraction of sp³-hybridized carbons (Fsp3) is 0. The quantitative estimate of drug-likeness (QED) is 0.591. The summed E-state index contributed by atoms with van der Waals surface area (Å²) in [6, 6.07) is 15.1. The van der Waals surface area contributed by atoms with Crippen LogP contribution in [-0.2, 0) is 0 Å². The van der Waals surface area contributed by atoms with E-state index >= 15 is 0 Å². The number of para-hydroxylation sites is 1. The highest BCUT2D eigenvalue weighted by Gasteiger charge is 2.14. The third-order valence-electron chi connectivity index (χ3n) is 3.31. The lowest BCUT2D eigenvalue weighted by atomic mass is 10.3. The van der Waals surface area contributed by atoms with Crippen molar-refractivity contribution in [1.82, 2.24) is 9.38 Å². The highest BCUT2D eigenvalue weighted by molar-refractivity contribution is 7.23. The fourth-order valence-electron chi connectivity index (χ4n) is 2.32. The zero-order chi connectivity index (χ0) is 15.1. The normalized spacial score (nSPS) is 11.1. The van der Waals surface area contributed by atoms with Crippen molar-refractivity contribution in [3.63, 3.8) is 0 Å². The van der Waals surface area contributed by atoms with Gasteiger partial charge in [0.25, 0.3) is 5.91 Å². The Morgan fingerprint density at radius 3 is 2.91 bits per heavy atom. The van der Waals surface area contributed by atoms with Crippen LogP contribution in [0, 0.1) is 0 Å². The molecule has 4 rings (SSSR count). The molecule has 0 atom stereocenters. The molecule has 0 bridgehead atoms. The molecule has 0 spiro atoms. The number of nitrogens with zero attached hydrogens (tertiary/aromatic N) is 2. The first-order valence-corrected chi connectivity index (χ1v) is 7.84. The highest BCUT2D eigenvalue weighted by atomic mass is 35.5. The highest BCUT2D eigenvalue weighted by Crippen LogP contribution is 2.26. The van der Waals surface area contributed by atoms with Gasteiger partial charge in [0.1, 0.15) is 5.69 Å². The minimum atomic E-state index is -0.248. The standard InChI is InChI=1S/C16H10ClN3OS/c17-10-4-3-5-11(8-10)18-15(21)12-9-20-13-6-1-2-7-14(13)22-16(20)19-12/h1-9H,(H,18,21). The molecule has 0 saturated heterocycles. The zero-order valence-corrected chi connectivity index (χ0v) is 12.9. The van der Waals surface area contributed by atoms with E-state index in [1.807, 2.05) is 28.7 Å². The Labute approximate surface area is 135 Å². The average molecular weight is 328 g/mol. The average Bonchev–Trinajstić information content (AvgIpc) is 3.05. The van der Waals surface area contributed by atoms with Gasteiger partial charge < -0.3 is 5.32 Å². The molecule has 6 heteroatoms. The molecule has 0 aliphatic rings. The molecule has 108 valence electrons. The lowest BCUT2D eigenvalue weighted by Crippen LogP contribution is -2.12. The van der Waals surface area contributed by atoms with Crippen LogP contribution in [0.2, 0.25) is 5.02 Å². The second-order valence-corrected chi connectivity index (χ2v) is 6.26. The van der Waals surface area contributed by atoms with Gasteiger partial charge in [-0.05, 0) is 30.3 Å². The number of hydrogen-bond acceptors (Lipinski definition) is 3. The SMILES string of the molecule is O=C(Nc1cccc(Cl)c1)c1cn2c(n1)sc1ccccc12. The summed E-state index contributed by atoms with van der Waals surface area (Å²) in [6.07, 6.45) is 1.76. The summed E-state index contributed by atoms with van der Waals surface area (Å²) < 4.78 is 3.08. The van der Waals surface area contributed by atoms with Gasteiger partial charge in [0.15, 0.2) is 4.96 Å². The van der Waals surface area contributed by atoms with Gasteiger partial charge in [-0.2, -0.15) is 0 Å². The van der Waals surface area contributed by atoms with E-state index in [2.05, 4.69) is 10.3 Å². The molecule has 0 radical (unpaired) electrons. The van der Waals surface area contributed by atoms with Crippen molar-refractivity contribution in [2.24, 2.45) is 0 Å². The molecule has 2 aromatic heterocycles. The molecule has 0 unspecified atom stereocenters. The number of amides is 1. The lowest BCUT2D eigenvalue weighted by Gasteiger charge is -2.02. The largest absolute Gasteiger partial charge is 0.321 e. The fourth-order valence-corrected chi connectivity index (χ4v) is 3.52. The summed E-state index contributed by atoms with van der Waals surface area (Å²) >= 11 is 7.48. The van der Waals surface area contributed by atoms with E-state index in [1.165, 1.54) is 0 Å². The van der Waals surface area contributed by atoms with Crippen LogP contribution >= 0.6 is 22.9 Å². The molecule has 1 N–H and O–H groups in total. The second-order valence-electron chi connectivity index (χ2n) is 4.81. The van der Waals surface area contributed by atoms with E-state index < -0.39 is 0 Å². The molecule has 4 nitrogen and oxygen atoms in total. The number of imidazole rings is 1. The Bertz CT molecular complexity index is 1000. The van der Waals surface area contributed by atoms with Crippen LogP contribution in [-0.4, -0.2) is 15.3 Å². The van der Waals surface area contributed by atoms with Crippen LogP contribution in [0.1, 0.15) is 10.5 Å². The van der Waals surface area contributed by atoms with Gasteiger partial charge in [0.05, 0.1) is 10.2 Å². The number of anilines is 1. The second kappa shape index (κ2) is 5.12. The summed E-state index contributed by atoms with van der Waals surface area (Å²) in [5.74, 6) is -0.248. The molecule has 2 aromatic carbocycles. The number of nitrogens with one attached hydrogen (secondary N) is 1. The van der Waals surface area contributed by atoms with Crippen LogP contribution in [0.4, 0.5) is 5.69 Å². The van der Waals surface area contributed by atoms with E-state index in [0.29, 0.717) is 16.4 Å². The van der Waals surface area contributed by atoms with Gasteiger partial charge in [-0.15, -0.1) is 0 Å². The van der Waals surface area contributed by atoms with Gasteiger partial charge in [0, 0.05) is 16.9 Å². The molecule has 0 saturated carbocycles. The summed E-state index contributed by atoms with van der Waals surface area (Å²) in [7, 11) is 0. The summed E-state index contributed by atoms with van der Waals surface area (Å²) in [5.41, 5.74) is 2.09. The maximum Gasteiger partial charge on any atom is 0.275 e. The van der Waals surface area contributed by atoms with Crippen molar-refractivity contribution in [2.75, 3.05) is 5.32 Å². The number of thiazole rings is 1. The van der Waals surface area contributed by atoms with Crippen LogP contribution in [0.5, 0.6) is 0 Å². The molecule has 0 aliphatic carbocycles. The predicted octanol–water partition coefficient (Wildman–Crippen LogP) is 4.45. The number of halogens is 1. The molecule has 2 heterocycles. The number of carbonyl (C=O) groups is 1. The van der Waals surface area contributed by atoms with Crippen LogP contribution in [0.15, 0.2) is 54.7 Å². The monoisotopic (exact) mass is 327 g/mol. The number of benzene rings is 2. The molecular weight excluding hydrogens is 318 g/mol. The number of aromatic nitrogens is 2. The molecule has 1 amide bonds. The smallest absolute Gasteiger partial charge is 0.275 e. The molecule has 0 fully saturated rings. The first kappa shape index (κ1) is 13.3. The Morgan fingerprint density at radius 2 is 2.05 bits per heavy atom.